The van der Waals surface area contributed by atoms with Crippen LogP contribution in [0.5, 0.6) is 6.01 Å². The fourth-order valence-corrected chi connectivity index (χ4v) is 1.82. The van der Waals surface area contributed by atoms with Gasteiger partial charge in [0.05, 0.1) is 6.61 Å². The van der Waals surface area contributed by atoms with Crippen molar-refractivity contribution in [2.75, 3.05) is 30.3 Å². The van der Waals surface area contributed by atoms with Crippen molar-refractivity contribution in [2.45, 2.75) is 53.4 Å². The third-order valence-corrected chi connectivity index (χ3v) is 3.29. The topological polar surface area (TPSA) is 72.0 Å². The Morgan fingerprint density at radius 2 is 1.57 bits per heavy atom. The standard InChI is InChI=1S/C15H29N5O/c1-5-9-16-13-18-14(17-11-12(7-3)8-4)20-15(19-13)21-10-6-2/h12H,5-11H2,1-4H3,(H2,16,17,18,19,20). The summed E-state index contributed by atoms with van der Waals surface area (Å²) >= 11 is 0. The maximum Gasteiger partial charge on any atom is 0.323 e. The van der Waals surface area contributed by atoms with Crippen LogP contribution in [0.4, 0.5) is 11.9 Å². The number of ether oxygens (including phenoxy) is 1. The molecule has 0 amide bonds. The zero-order valence-corrected chi connectivity index (χ0v) is 13.8. The Balaban J connectivity index is 2.74. The highest BCUT2D eigenvalue weighted by Gasteiger charge is 2.09. The van der Waals surface area contributed by atoms with E-state index in [0.29, 0.717) is 30.4 Å². The van der Waals surface area contributed by atoms with Crippen molar-refractivity contribution in [1.29, 1.82) is 0 Å². The van der Waals surface area contributed by atoms with E-state index in [1.165, 1.54) is 0 Å². The van der Waals surface area contributed by atoms with Gasteiger partial charge < -0.3 is 15.4 Å². The zero-order valence-electron chi connectivity index (χ0n) is 13.8. The molecule has 0 spiro atoms. The molecule has 0 aliphatic carbocycles. The second-order valence-electron chi connectivity index (χ2n) is 5.10. The van der Waals surface area contributed by atoms with Gasteiger partial charge >= 0.3 is 6.01 Å². The first-order valence-corrected chi connectivity index (χ1v) is 8.09. The van der Waals surface area contributed by atoms with Crippen molar-refractivity contribution < 1.29 is 4.74 Å². The Morgan fingerprint density at radius 1 is 0.905 bits per heavy atom. The molecule has 120 valence electrons. The minimum Gasteiger partial charge on any atom is -0.463 e. The van der Waals surface area contributed by atoms with Crippen LogP contribution in [0.3, 0.4) is 0 Å². The highest BCUT2D eigenvalue weighted by atomic mass is 16.5. The molecule has 0 saturated carbocycles. The number of hydrogen-bond acceptors (Lipinski definition) is 6. The molecule has 2 N–H and O–H groups in total. The Bertz CT molecular complexity index is 369. The lowest BCUT2D eigenvalue weighted by atomic mass is 10.0. The number of nitrogens with zero attached hydrogens (tertiary/aromatic N) is 3. The monoisotopic (exact) mass is 295 g/mol. The molecule has 6 nitrogen and oxygen atoms in total. The van der Waals surface area contributed by atoms with E-state index in [-0.39, 0.29) is 0 Å². The van der Waals surface area contributed by atoms with Crippen LogP contribution in [0.2, 0.25) is 0 Å². The molecule has 21 heavy (non-hydrogen) atoms. The zero-order chi connectivity index (χ0) is 15.5. The maximum absolute atomic E-state index is 5.53. The number of hydrogen-bond donors (Lipinski definition) is 2. The first kappa shape index (κ1) is 17.5. The van der Waals surface area contributed by atoms with Crippen molar-refractivity contribution in [2.24, 2.45) is 5.92 Å². The summed E-state index contributed by atoms with van der Waals surface area (Å²) in [7, 11) is 0. The summed E-state index contributed by atoms with van der Waals surface area (Å²) < 4.78 is 5.53. The molecular weight excluding hydrogens is 266 g/mol. The summed E-state index contributed by atoms with van der Waals surface area (Å²) in [5.74, 6) is 1.79. The lowest BCUT2D eigenvalue weighted by molar-refractivity contribution is 0.292. The Morgan fingerprint density at radius 3 is 2.14 bits per heavy atom. The molecule has 0 fully saturated rings. The summed E-state index contributed by atoms with van der Waals surface area (Å²) in [5, 5.41) is 6.48. The van der Waals surface area contributed by atoms with Crippen LogP contribution in [0.15, 0.2) is 0 Å². The van der Waals surface area contributed by atoms with Crippen molar-refractivity contribution in [1.82, 2.24) is 15.0 Å². The molecule has 0 aliphatic rings. The molecular formula is C15H29N5O. The third kappa shape index (κ3) is 6.60. The number of aromatic nitrogens is 3. The highest BCUT2D eigenvalue weighted by Crippen LogP contribution is 2.13. The molecule has 0 bridgehead atoms. The predicted molar refractivity (Wildman–Crippen MR) is 87.0 cm³/mol. The smallest absolute Gasteiger partial charge is 0.323 e. The van der Waals surface area contributed by atoms with E-state index >= 15 is 0 Å². The van der Waals surface area contributed by atoms with Crippen molar-refractivity contribution >= 4 is 11.9 Å². The van der Waals surface area contributed by atoms with Crippen LogP contribution in [-0.2, 0) is 0 Å². The van der Waals surface area contributed by atoms with E-state index < -0.39 is 0 Å². The van der Waals surface area contributed by atoms with Crippen LogP contribution in [0, 0.1) is 5.92 Å². The van der Waals surface area contributed by atoms with Gasteiger partial charge in [0.1, 0.15) is 0 Å². The second kappa shape index (κ2) is 10.2. The number of anilines is 2. The maximum atomic E-state index is 5.53. The largest absolute Gasteiger partial charge is 0.463 e. The predicted octanol–water partition coefficient (Wildman–Crippen LogP) is 3.33. The first-order valence-electron chi connectivity index (χ1n) is 8.09. The van der Waals surface area contributed by atoms with E-state index in [1.54, 1.807) is 0 Å². The van der Waals surface area contributed by atoms with Gasteiger partial charge in [-0.3, -0.25) is 0 Å². The van der Waals surface area contributed by atoms with Crippen LogP contribution in [-0.4, -0.2) is 34.6 Å². The average molecular weight is 295 g/mol. The molecule has 1 rings (SSSR count). The third-order valence-electron chi connectivity index (χ3n) is 3.29. The van der Waals surface area contributed by atoms with Gasteiger partial charge in [0.25, 0.3) is 0 Å². The van der Waals surface area contributed by atoms with Gasteiger partial charge in [-0.15, -0.1) is 0 Å². The van der Waals surface area contributed by atoms with Gasteiger partial charge in [-0.2, -0.15) is 15.0 Å². The molecule has 0 saturated heterocycles. The molecule has 0 radical (unpaired) electrons. The van der Waals surface area contributed by atoms with Crippen molar-refractivity contribution in [3.63, 3.8) is 0 Å². The number of rotatable bonds is 11. The molecule has 6 heteroatoms. The number of nitrogens with one attached hydrogen (secondary N) is 2. The highest BCUT2D eigenvalue weighted by molar-refractivity contribution is 5.35. The Kier molecular flexibility index (Phi) is 8.47. The second-order valence-corrected chi connectivity index (χ2v) is 5.10. The van der Waals surface area contributed by atoms with E-state index in [9.17, 15) is 0 Å². The molecule has 0 aliphatic heterocycles. The van der Waals surface area contributed by atoms with Crippen LogP contribution in [0.1, 0.15) is 53.4 Å². The molecule has 0 atom stereocenters. The molecule has 1 aromatic heterocycles. The van der Waals surface area contributed by atoms with E-state index in [4.69, 9.17) is 4.74 Å². The summed E-state index contributed by atoms with van der Waals surface area (Å²) in [6.45, 7) is 10.9. The summed E-state index contributed by atoms with van der Waals surface area (Å²) in [4.78, 5) is 13.0. The Hall–Kier alpha value is -1.59. The quantitative estimate of drug-likeness (QED) is 0.652. The summed E-state index contributed by atoms with van der Waals surface area (Å²) in [6.07, 6.45) is 4.25. The van der Waals surface area contributed by atoms with Gasteiger partial charge in [0, 0.05) is 13.1 Å². The van der Waals surface area contributed by atoms with E-state index in [0.717, 1.165) is 38.8 Å². The SMILES string of the molecule is CCCNc1nc(NCC(CC)CC)nc(OCCC)n1. The lowest BCUT2D eigenvalue weighted by Crippen LogP contribution is -2.16. The summed E-state index contributed by atoms with van der Waals surface area (Å²) in [6, 6.07) is 0.387. The van der Waals surface area contributed by atoms with Crippen LogP contribution >= 0.6 is 0 Å². The summed E-state index contributed by atoms with van der Waals surface area (Å²) in [5.41, 5.74) is 0. The molecule has 1 aromatic rings. The van der Waals surface area contributed by atoms with Crippen molar-refractivity contribution in [3.8, 4) is 6.01 Å². The van der Waals surface area contributed by atoms with Gasteiger partial charge in [0.2, 0.25) is 11.9 Å². The van der Waals surface area contributed by atoms with Gasteiger partial charge in [-0.1, -0.05) is 40.5 Å². The first-order chi connectivity index (χ1) is 10.2. The normalized spacial score (nSPS) is 10.7. The van der Waals surface area contributed by atoms with Gasteiger partial charge in [-0.25, -0.2) is 0 Å². The lowest BCUT2D eigenvalue weighted by Gasteiger charge is -2.14. The minimum atomic E-state index is 0.387. The molecule has 0 aromatic carbocycles. The van der Waals surface area contributed by atoms with E-state index in [2.05, 4.69) is 53.3 Å². The van der Waals surface area contributed by atoms with Crippen molar-refractivity contribution in [3.05, 3.63) is 0 Å². The average Bonchev–Trinajstić information content (AvgIpc) is 2.52. The van der Waals surface area contributed by atoms with Crippen LogP contribution in [0.25, 0.3) is 0 Å². The van der Waals surface area contributed by atoms with Gasteiger partial charge in [-0.05, 0) is 18.8 Å². The van der Waals surface area contributed by atoms with Gasteiger partial charge in [0.15, 0.2) is 0 Å². The fraction of sp³-hybridized carbons (Fsp3) is 0.800. The Labute approximate surface area is 128 Å². The molecule has 0 unspecified atom stereocenters. The van der Waals surface area contributed by atoms with E-state index in [1.807, 2.05) is 0 Å². The van der Waals surface area contributed by atoms with Crippen LogP contribution < -0.4 is 15.4 Å². The molecule has 1 heterocycles. The fourth-order valence-electron chi connectivity index (χ4n) is 1.82. The minimum absolute atomic E-state index is 0.387.